The molecular weight excluding hydrogens is 326 g/mol. The van der Waals surface area contributed by atoms with E-state index in [1.807, 2.05) is 17.0 Å². The number of ether oxygens (including phenoxy) is 2. The lowest BCUT2D eigenvalue weighted by atomic mass is 10.0. The number of aryl methyl sites for hydroxylation is 2. The van der Waals surface area contributed by atoms with E-state index >= 15 is 0 Å². The molecule has 2 aliphatic rings. The largest absolute Gasteiger partial charge is 0.486 e. The summed E-state index contributed by atoms with van der Waals surface area (Å²) in [5.41, 5.74) is 3.62. The topological polar surface area (TPSA) is 38.8 Å². The molecule has 0 bridgehead atoms. The minimum Gasteiger partial charge on any atom is -0.486 e. The van der Waals surface area contributed by atoms with E-state index in [1.54, 1.807) is 0 Å². The number of nitrogens with zero attached hydrogens (tertiary/aromatic N) is 1. The Morgan fingerprint density at radius 2 is 1.85 bits per heavy atom. The van der Waals surface area contributed by atoms with Crippen LogP contribution in [0.1, 0.15) is 42.0 Å². The number of benzene rings is 2. The summed E-state index contributed by atoms with van der Waals surface area (Å²) in [6.07, 6.45) is 3.42. The van der Waals surface area contributed by atoms with Gasteiger partial charge in [0.15, 0.2) is 11.5 Å². The first-order valence-corrected chi connectivity index (χ1v) is 9.45. The Morgan fingerprint density at radius 1 is 1.08 bits per heavy atom. The fraction of sp³-hybridized carbons (Fsp3) is 0.409. The normalized spacial score (nSPS) is 18.8. The van der Waals surface area contributed by atoms with E-state index in [-0.39, 0.29) is 11.9 Å². The van der Waals surface area contributed by atoms with Crippen molar-refractivity contribution in [1.82, 2.24) is 4.90 Å². The van der Waals surface area contributed by atoms with Crippen LogP contribution in [-0.2, 0) is 11.2 Å². The number of rotatable bonds is 4. The Morgan fingerprint density at radius 3 is 2.65 bits per heavy atom. The Kier molecular flexibility index (Phi) is 4.83. The fourth-order valence-electron chi connectivity index (χ4n) is 3.83. The second kappa shape index (κ2) is 7.40. The van der Waals surface area contributed by atoms with Gasteiger partial charge in [-0.15, -0.1) is 0 Å². The number of amides is 1. The molecule has 4 nitrogen and oxygen atoms in total. The molecule has 0 saturated carbocycles. The van der Waals surface area contributed by atoms with Gasteiger partial charge >= 0.3 is 0 Å². The molecule has 1 amide bonds. The summed E-state index contributed by atoms with van der Waals surface area (Å²) in [4.78, 5) is 14.9. The van der Waals surface area contributed by atoms with Gasteiger partial charge in [0, 0.05) is 13.0 Å². The third-order valence-corrected chi connectivity index (χ3v) is 5.27. The van der Waals surface area contributed by atoms with Gasteiger partial charge in [-0.25, -0.2) is 0 Å². The molecule has 4 rings (SSSR count). The molecule has 0 radical (unpaired) electrons. The molecule has 26 heavy (non-hydrogen) atoms. The molecule has 2 aliphatic heterocycles. The molecule has 136 valence electrons. The average molecular weight is 351 g/mol. The summed E-state index contributed by atoms with van der Waals surface area (Å²) in [6.45, 7) is 4.10. The summed E-state index contributed by atoms with van der Waals surface area (Å²) in [6, 6.07) is 14.7. The predicted octanol–water partition coefficient (Wildman–Crippen LogP) is 4.06. The van der Waals surface area contributed by atoms with E-state index in [9.17, 15) is 4.79 Å². The molecule has 0 N–H and O–H groups in total. The molecule has 4 heteroatoms. The first-order chi connectivity index (χ1) is 12.7. The maximum atomic E-state index is 12.8. The van der Waals surface area contributed by atoms with Gasteiger partial charge in [-0.05, 0) is 49.4 Å². The number of carbonyl (C=O) groups is 1. The van der Waals surface area contributed by atoms with Crippen molar-refractivity contribution in [3.8, 4) is 11.5 Å². The van der Waals surface area contributed by atoms with Gasteiger partial charge in [-0.1, -0.05) is 35.9 Å². The Hall–Kier alpha value is -2.49. The first kappa shape index (κ1) is 17.0. The van der Waals surface area contributed by atoms with Gasteiger partial charge < -0.3 is 14.4 Å². The van der Waals surface area contributed by atoms with Crippen molar-refractivity contribution >= 4 is 5.91 Å². The highest BCUT2D eigenvalue weighted by molar-refractivity contribution is 5.77. The van der Waals surface area contributed by atoms with E-state index in [2.05, 4.69) is 37.3 Å². The molecular formula is C22H25NO3. The molecule has 0 spiro atoms. The molecule has 2 aromatic carbocycles. The summed E-state index contributed by atoms with van der Waals surface area (Å²) in [7, 11) is 0. The minimum absolute atomic E-state index is 0.149. The van der Waals surface area contributed by atoms with Gasteiger partial charge in [0.2, 0.25) is 5.91 Å². The van der Waals surface area contributed by atoms with Crippen LogP contribution in [0.25, 0.3) is 0 Å². The molecule has 0 aliphatic carbocycles. The molecule has 2 aromatic rings. The smallest absolute Gasteiger partial charge is 0.223 e. The summed E-state index contributed by atoms with van der Waals surface area (Å²) < 4.78 is 11.3. The number of hydrogen-bond donors (Lipinski definition) is 0. The van der Waals surface area contributed by atoms with Gasteiger partial charge in [0.05, 0.1) is 6.04 Å². The molecule has 1 saturated heterocycles. The van der Waals surface area contributed by atoms with Gasteiger partial charge in [-0.3, -0.25) is 4.79 Å². The number of carbonyl (C=O) groups excluding carboxylic acids is 1. The van der Waals surface area contributed by atoms with E-state index < -0.39 is 0 Å². The maximum absolute atomic E-state index is 12.8. The fourth-order valence-corrected chi connectivity index (χ4v) is 3.83. The van der Waals surface area contributed by atoms with Gasteiger partial charge in [0.25, 0.3) is 0 Å². The van der Waals surface area contributed by atoms with E-state index in [0.717, 1.165) is 42.9 Å². The number of fused-ring (bicyclic) bond motifs is 1. The van der Waals surface area contributed by atoms with Crippen LogP contribution in [0.3, 0.4) is 0 Å². The lowest BCUT2D eigenvalue weighted by Gasteiger charge is -2.27. The minimum atomic E-state index is 0.149. The molecule has 1 atom stereocenters. The average Bonchev–Trinajstić information content (AvgIpc) is 3.17. The van der Waals surface area contributed by atoms with Crippen LogP contribution >= 0.6 is 0 Å². The van der Waals surface area contributed by atoms with Crippen molar-refractivity contribution in [2.45, 2.75) is 38.6 Å². The van der Waals surface area contributed by atoms with Gasteiger partial charge in [0.1, 0.15) is 13.2 Å². The monoisotopic (exact) mass is 351 g/mol. The highest BCUT2D eigenvalue weighted by Crippen LogP contribution is 2.38. The molecule has 2 heterocycles. The molecule has 1 unspecified atom stereocenters. The number of hydrogen-bond acceptors (Lipinski definition) is 3. The highest BCUT2D eigenvalue weighted by Gasteiger charge is 2.30. The van der Waals surface area contributed by atoms with Crippen LogP contribution in [0.5, 0.6) is 11.5 Å². The first-order valence-electron chi connectivity index (χ1n) is 9.45. The second-order valence-corrected chi connectivity index (χ2v) is 7.13. The Bertz CT molecular complexity index is 784. The lowest BCUT2D eigenvalue weighted by molar-refractivity contribution is -0.132. The Labute approximate surface area is 154 Å². The SMILES string of the molecule is Cc1ccc(CCC(=O)N2CCCC2c2ccc3c(c2)OCCO3)cc1. The van der Waals surface area contributed by atoms with Crippen molar-refractivity contribution in [1.29, 1.82) is 0 Å². The predicted molar refractivity (Wildman–Crippen MR) is 101 cm³/mol. The van der Waals surface area contributed by atoms with E-state index in [0.29, 0.717) is 19.6 Å². The standard InChI is InChI=1S/C22H25NO3/c1-16-4-6-17(7-5-16)8-11-22(24)23-12-2-3-19(23)18-9-10-20-21(15-18)26-14-13-25-20/h4-7,9-10,15,19H,2-3,8,11-14H2,1H3. The van der Waals surface area contributed by atoms with Crippen molar-refractivity contribution in [3.05, 3.63) is 59.2 Å². The van der Waals surface area contributed by atoms with E-state index in [1.165, 1.54) is 11.1 Å². The lowest BCUT2D eigenvalue weighted by Crippen LogP contribution is -2.30. The highest BCUT2D eigenvalue weighted by atomic mass is 16.6. The van der Waals surface area contributed by atoms with Crippen LogP contribution in [0, 0.1) is 6.92 Å². The van der Waals surface area contributed by atoms with Gasteiger partial charge in [-0.2, -0.15) is 0 Å². The molecule has 1 fully saturated rings. The van der Waals surface area contributed by atoms with Crippen LogP contribution in [0.4, 0.5) is 0 Å². The number of likely N-dealkylation sites (tertiary alicyclic amines) is 1. The Balaban J connectivity index is 1.44. The third-order valence-electron chi connectivity index (χ3n) is 5.27. The zero-order valence-electron chi connectivity index (χ0n) is 15.2. The quantitative estimate of drug-likeness (QED) is 0.834. The van der Waals surface area contributed by atoms with E-state index in [4.69, 9.17) is 9.47 Å². The molecule has 0 aromatic heterocycles. The van der Waals surface area contributed by atoms with Crippen molar-refractivity contribution < 1.29 is 14.3 Å². The van der Waals surface area contributed by atoms with Crippen LogP contribution < -0.4 is 9.47 Å². The zero-order valence-corrected chi connectivity index (χ0v) is 15.2. The van der Waals surface area contributed by atoms with Crippen LogP contribution in [0.15, 0.2) is 42.5 Å². The van der Waals surface area contributed by atoms with Crippen molar-refractivity contribution in [2.24, 2.45) is 0 Å². The van der Waals surface area contributed by atoms with Crippen LogP contribution in [-0.4, -0.2) is 30.6 Å². The van der Waals surface area contributed by atoms with Crippen molar-refractivity contribution in [2.75, 3.05) is 19.8 Å². The van der Waals surface area contributed by atoms with Crippen LogP contribution in [0.2, 0.25) is 0 Å². The van der Waals surface area contributed by atoms with Crippen molar-refractivity contribution in [3.63, 3.8) is 0 Å². The summed E-state index contributed by atoms with van der Waals surface area (Å²) in [5, 5.41) is 0. The zero-order chi connectivity index (χ0) is 17.9. The third kappa shape index (κ3) is 3.55. The summed E-state index contributed by atoms with van der Waals surface area (Å²) >= 11 is 0. The second-order valence-electron chi connectivity index (χ2n) is 7.13. The summed E-state index contributed by atoms with van der Waals surface area (Å²) in [5.74, 6) is 1.84. The maximum Gasteiger partial charge on any atom is 0.223 e.